The van der Waals surface area contributed by atoms with Crippen molar-refractivity contribution in [1.29, 1.82) is 5.26 Å². The standard InChI is InChI=1S/C13H15N5O3S/c1-13(5-14)9(20)8(4-19)21-10(13)7-3-15-11-12(22-2)16-6-17-18(7)11/h3,6,8-10,19-20H,4H2,1-2H3/t8-,9-,10+,13-/m1/s1. The minimum absolute atomic E-state index is 0.364. The molecule has 9 heteroatoms. The zero-order valence-electron chi connectivity index (χ0n) is 12.0. The molecule has 0 spiro atoms. The smallest absolute Gasteiger partial charge is 0.186 e. The van der Waals surface area contributed by atoms with Crippen LogP contribution < -0.4 is 0 Å². The van der Waals surface area contributed by atoms with Crippen molar-refractivity contribution in [3.05, 3.63) is 18.2 Å². The van der Waals surface area contributed by atoms with E-state index in [0.717, 1.165) is 0 Å². The Labute approximate surface area is 130 Å². The van der Waals surface area contributed by atoms with Gasteiger partial charge in [-0.3, -0.25) is 0 Å². The molecule has 0 amide bonds. The highest BCUT2D eigenvalue weighted by Gasteiger charge is 2.55. The number of imidazole rings is 1. The molecule has 0 aliphatic carbocycles. The first-order valence-electron chi connectivity index (χ1n) is 6.65. The molecule has 22 heavy (non-hydrogen) atoms. The first-order chi connectivity index (χ1) is 10.6. The van der Waals surface area contributed by atoms with Crippen molar-refractivity contribution >= 4 is 17.4 Å². The van der Waals surface area contributed by atoms with Crippen molar-refractivity contribution in [1.82, 2.24) is 19.6 Å². The van der Waals surface area contributed by atoms with Crippen LogP contribution in [-0.2, 0) is 4.74 Å². The van der Waals surface area contributed by atoms with E-state index in [2.05, 4.69) is 21.1 Å². The van der Waals surface area contributed by atoms with Gasteiger partial charge in [0.2, 0.25) is 0 Å². The number of aromatic nitrogens is 4. The Bertz CT molecular complexity index is 745. The zero-order chi connectivity index (χ0) is 15.9. The quantitative estimate of drug-likeness (QED) is 0.768. The summed E-state index contributed by atoms with van der Waals surface area (Å²) in [6.07, 6.45) is 2.19. The number of hydrogen-bond donors (Lipinski definition) is 2. The number of ether oxygens (including phenoxy) is 1. The van der Waals surface area contributed by atoms with Crippen LogP contribution in [-0.4, -0.2) is 54.9 Å². The first-order valence-corrected chi connectivity index (χ1v) is 7.87. The van der Waals surface area contributed by atoms with Gasteiger partial charge in [-0.15, -0.1) is 11.8 Å². The van der Waals surface area contributed by atoms with Crippen LogP contribution in [0, 0.1) is 16.7 Å². The molecule has 2 aromatic rings. The average molecular weight is 321 g/mol. The van der Waals surface area contributed by atoms with Gasteiger partial charge in [0.15, 0.2) is 5.65 Å². The summed E-state index contributed by atoms with van der Waals surface area (Å²) in [5, 5.41) is 34.0. The molecule has 1 saturated heterocycles. The van der Waals surface area contributed by atoms with Gasteiger partial charge in [0.1, 0.15) is 35.1 Å². The van der Waals surface area contributed by atoms with E-state index < -0.39 is 23.7 Å². The normalized spacial score (nSPS) is 31.5. The van der Waals surface area contributed by atoms with Crippen LogP contribution in [0.5, 0.6) is 0 Å². The van der Waals surface area contributed by atoms with E-state index >= 15 is 0 Å². The SMILES string of the molecule is CSc1ncnn2c([C@@H]3O[C@H](CO)[C@@H](O)[C@@]3(C)C#N)cnc12. The minimum Gasteiger partial charge on any atom is -0.394 e. The summed E-state index contributed by atoms with van der Waals surface area (Å²) in [5.41, 5.74) is -0.0871. The highest BCUT2D eigenvalue weighted by Crippen LogP contribution is 2.47. The monoisotopic (exact) mass is 321 g/mol. The molecule has 0 bridgehead atoms. The first kappa shape index (κ1) is 15.2. The molecule has 0 radical (unpaired) electrons. The second-order valence-corrected chi connectivity index (χ2v) is 6.06. The molecule has 0 unspecified atom stereocenters. The molecule has 4 atom stereocenters. The van der Waals surface area contributed by atoms with Crippen molar-refractivity contribution in [2.24, 2.45) is 5.41 Å². The fraction of sp³-hybridized carbons (Fsp3) is 0.538. The Kier molecular flexibility index (Phi) is 3.78. The van der Waals surface area contributed by atoms with Gasteiger partial charge >= 0.3 is 0 Å². The van der Waals surface area contributed by atoms with Crippen molar-refractivity contribution in [3.63, 3.8) is 0 Å². The van der Waals surface area contributed by atoms with E-state index in [0.29, 0.717) is 16.4 Å². The summed E-state index contributed by atoms with van der Waals surface area (Å²) in [4.78, 5) is 8.43. The van der Waals surface area contributed by atoms with E-state index in [4.69, 9.17) is 4.74 Å². The molecule has 1 aliphatic heterocycles. The molecule has 0 aromatic carbocycles. The summed E-state index contributed by atoms with van der Waals surface area (Å²) in [5.74, 6) is 0. The highest BCUT2D eigenvalue weighted by atomic mass is 32.2. The van der Waals surface area contributed by atoms with E-state index in [1.807, 2.05) is 6.26 Å². The summed E-state index contributed by atoms with van der Waals surface area (Å²) in [7, 11) is 0. The predicted octanol–water partition coefficient (Wildman–Crippen LogP) is 0.169. The number of hydrogen-bond acceptors (Lipinski definition) is 8. The zero-order valence-corrected chi connectivity index (χ0v) is 12.9. The van der Waals surface area contributed by atoms with Gasteiger partial charge in [0, 0.05) is 0 Å². The third kappa shape index (κ3) is 1.99. The Hall–Kier alpha value is -1.73. The average Bonchev–Trinajstić information content (AvgIpc) is 3.08. The lowest BCUT2D eigenvalue weighted by molar-refractivity contribution is -0.0241. The maximum absolute atomic E-state index is 10.3. The number of nitrogens with zero attached hydrogens (tertiary/aromatic N) is 5. The minimum atomic E-state index is -1.20. The fourth-order valence-corrected chi connectivity index (χ4v) is 3.19. The van der Waals surface area contributed by atoms with Crippen LogP contribution >= 0.6 is 11.8 Å². The summed E-state index contributed by atoms with van der Waals surface area (Å²) in [6, 6.07) is 2.11. The van der Waals surface area contributed by atoms with Gasteiger partial charge in [0.05, 0.1) is 24.6 Å². The fourth-order valence-electron chi connectivity index (χ4n) is 2.71. The lowest BCUT2D eigenvalue weighted by Gasteiger charge is -2.24. The summed E-state index contributed by atoms with van der Waals surface area (Å²) >= 11 is 1.44. The second-order valence-electron chi connectivity index (χ2n) is 5.26. The van der Waals surface area contributed by atoms with Gasteiger partial charge in [-0.05, 0) is 13.2 Å². The molecule has 8 nitrogen and oxygen atoms in total. The van der Waals surface area contributed by atoms with Gasteiger partial charge < -0.3 is 14.9 Å². The molecule has 3 rings (SSSR count). The van der Waals surface area contributed by atoms with E-state index in [9.17, 15) is 15.5 Å². The number of fused-ring (bicyclic) bond motifs is 1. The van der Waals surface area contributed by atoms with Gasteiger partial charge in [0.25, 0.3) is 0 Å². The number of rotatable bonds is 3. The van der Waals surface area contributed by atoms with Crippen molar-refractivity contribution in [2.75, 3.05) is 12.9 Å². The lowest BCUT2D eigenvalue weighted by atomic mass is 9.80. The topological polar surface area (TPSA) is 117 Å². The van der Waals surface area contributed by atoms with Crippen LogP contribution in [0.2, 0.25) is 0 Å². The molecule has 116 valence electrons. The molecule has 1 fully saturated rings. The predicted molar refractivity (Wildman–Crippen MR) is 77.0 cm³/mol. The van der Waals surface area contributed by atoms with E-state index in [-0.39, 0.29) is 6.61 Å². The number of thioether (sulfide) groups is 1. The molecule has 3 heterocycles. The molecular formula is C13H15N5O3S. The van der Waals surface area contributed by atoms with Crippen LogP contribution in [0.3, 0.4) is 0 Å². The van der Waals surface area contributed by atoms with E-state index in [1.165, 1.54) is 18.1 Å². The molecule has 2 aromatic heterocycles. The lowest BCUT2D eigenvalue weighted by Crippen LogP contribution is -2.36. The Morgan fingerprint density at radius 3 is 2.95 bits per heavy atom. The largest absolute Gasteiger partial charge is 0.394 e. The number of aliphatic hydroxyl groups excluding tert-OH is 2. The third-order valence-corrected chi connectivity index (χ3v) is 4.68. The second kappa shape index (κ2) is 5.48. The van der Waals surface area contributed by atoms with Gasteiger partial charge in [-0.25, -0.2) is 14.5 Å². The molecule has 2 N–H and O–H groups in total. The Morgan fingerprint density at radius 2 is 2.32 bits per heavy atom. The number of aliphatic hydroxyl groups is 2. The van der Waals surface area contributed by atoms with Crippen LogP contribution in [0.4, 0.5) is 0 Å². The summed E-state index contributed by atoms with van der Waals surface area (Å²) in [6.45, 7) is 1.24. The summed E-state index contributed by atoms with van der Waals surface area (Å²) < 4.78 is 7.27. The van der Waals surface area contributed by atoms with Gasteiger partial charge in [-0.2, -0.15) is 10.4 Å². The van der Waals surface area contributed by atoms with Crippen molar-refractivity contribution in [3.8, 4) is 6.07 Å². The molecule has 1 aliphatic rings. The highest BCUT2D eigenvalue weighted by molar-refractivity contribution is 7.98. The Morgan fingerprint density at radius 1 is 1.55 bits per heavy atom. The Balaban J connectivity index is 2.13. The third-order valence-electron chi connectivity index (χ3n) is 4.00. The maximum Gasteiger partial charge on any atom is 0.186 e. The van der Waals surface area contributed by atoms with Crippen LogP contribution in [0.25, 0.3) is 5.65 Å². The van der Waals surface area contributed by atoms with Crippen molar-refractivity contribution in [2.45, 2.75) is 30.3 Å². The molecule has 0 saturated carbocycles. The number of nitriles is 1. The van der Waals surface area contributed by atoms with E-state index in [1.54, 1.807) is 17.6 Å². The van der Waals surface area contributed by atoms with Crippen molar-refractivity contribution < 1.29 is 14.9 Å². The van der Waals surface area contributed by atoms with Crippen LogP contribution in [0.15, 0.2) is 17.6 Å². The maximum atomic E-state index is 10.3. The van der Waals surface area contributed by atoms with Gasteiger partial charge in [-0.1, -0.05) is 0 Å². The van der Waals surface area contributed by atoms with Crippen LogP contribution in [0.1, 0.15) is 18.7 Å². The molecular weight excluding hydrogens is 306 g/mol.